The quantitative estimate of drug-likeness (QED) is 0.605. The van der Waals surface area contributed by atoms with Crippen LogP contribution in [0.15, 0.2) is 53.6 Å². The molecule has 1 aliphatic carbocycles. The van der Waals surface area contributed by atoms with E-state index in [1.165, 1.54) is 23.6 Å². The summed E-state index contributed by atoms with van der Waals surface area (Å²) >= 11 is 6.20. The van der Waals surface area contributed by atoms with Crippen LogP contribution in [0.25, 0.3) is 0 Å². The number of rotatable bonds is 6. The Hall–Kier alpha value is -2.38. The Labute approximate surface area is 189 Å². The van der Waals surface area contributed by atoms with E-state index in [-0.39, 0.29) is 12.5 Å². The lowest BCUT2D eigenvalue weighted by atomic mass is 9.99. The van der Waals surface area contributed by atoms with Crippen molar-refractivity contribution in [1.82, 2.24) is 5.43 Å². The number of anilines is 1. The molecule has 31 heavy (non-hydrogen) atoms. The van der Waals surface area contributed by atoms with E-state index >= 15 is 0 Å². The molecule has 0 bridgehead atoms. The number of nitrogens with one attached hydrogen (secondary N) is 1. The molecule has 1 fully saturated rings. The van der Waals surface area contributed by atoms with Gasteiger partial charge in [-0.3, -0.25) is 9.10 Å². The molecule has 1 aliphatic rings. The Bertz CT molecular complexity index is 1030. The average molecular weight is 462 g/mol. The van der Waals surface area contributed by atoms with Crippen LogP contribution >= 0.6 is 11.6 Å². The monoisotopic (exact) mass is 461 g/mol. The minimum absolute atomic E-state index is 0.109. The van der Waals surface area contributed by atoms with Gasteiger partial charge in [-0.15, -0.1) is 0 Å². The Kier molecular flexibility index (Phi) is 8.09. The first-order chi connectivity index (χ1) is 14.8. The van der Waals surface area contributed by atoms with E-state index in [2.05, 4.69) is 10.5 Å². The summed E-state index contributed by atoms with van der Waals surface area (Å²) in [7, 11) is -3.54. The smallest absolute Gasteiger partial charge is 0.267 e. The summed E-state index contributed by atoms with van der Waals surface area (Å²) in [4.78, 5) is 12.5. The maximum atomic E-state index is 12.5. The molecule has 1 saturated carbocycles. The third-order valence-electron chi connectivity index (χ3n) is 5.34. The maximum Gasteiger partial charge on any atom is 0.271 e. The van der Waals surface area contributed by atoms with Crippen LogP contribution in [0.2, 0.25) is 5.02 Å². The molecular weight excluding hydrogens is 434 g/mol. The van der Waals surface area contributed by atoms with E-state index in [1.54, 1.807) is 42.5 Å². The van der Waals surface area contributed by atoms with E-state index in [9.17, 15) is 13.2 Å². The predicted molar refractivity (Wildman–Crippen MR) is 126 cm³/mol. The number of carbonyl (C=O) groups is 1. The lowest BCUT2D eigenvalue weighted by molar-refractivity contribution is 0.0954. The van der Waals surface area contributed by atoms with E-state index in [0.717, 1.165) is 37.7 Å². The summed E-state index contributed by atoms with van der Waals surface area (Å²) in [6, 6.07) is 13.6. The lowest BCUT2D eigenvalue weighted by Crippen LogP contribution is -2.29. The topological polar surface area (TPSA) is 78.8 Å². The molecule has 3 rings (SSSR count). The van der Waals surface area contributed by atoms with Crippen molar-refractivity contribution in [2.45, 2.75) is 51.5 Å². The highest BCUT2D eigenvalue weighted by Crippen LogP contribution is 2.24. The fourth-order valence-corrected chi connectivity index (χ4v) is 4.65. The van der Waals surface area contributed by atoms with Crippen LogP contribution in [-0.2, 0) is 16.6 Å². The zero-order valence-electron chi connectivity index (χ0n) is 17.7. The van der Waals surface area contributed by atoms with Crippen LogP contribution in [0.3, 0.4) is 0 Å². The third kappa shape index (κ3) is 6.80. The molecule has 0 atom stereocenters. The molecule has 8 heteroatoms. The SMILES string of the molecule is CS(=O)(=O)N(Cc1ccccc1Cl)c1ccc(C(=O)NN=C2CCCCCCC2)cc1. The average Bonchev–Trinajstić information content (AvgIpc) is 2.71. The van der Waals surface area contributed by atoms with Gasteiger partial charge in [0.05, 0.1) is 18.5 Å². The number of carbonyl (C=O) groups excluding carboxylic acids is 1. The summed E-state index contributed by atoms with van der Waals surface area (Å²) in [5.74, 6) is -0.307. The normalized spacial score (nSPS) is 15.0. The van der Waals surface area contributed by atoms with Gasteiger partial charge in [0, 0.05) is 16.3 Å². The second-order valence-corrected chi connectivity index (χ2v) is 10.1. The molecule has 1 N–H and O–H groups in total. The number of amides is 1. The van der Waals surface area contributed by atoms with Crippen molar-refractivity contribution in [3.63, 3.8) is 0 Å². The Morgan fingerprint density at radius 1 is 1.00 bits per heavy atom. The van der Waals surface area contributed by atoms with Gasteiger partial charge in [0.2, 0.25) is 10.0 Å². The highest BCUT2D eigenvalue weighted by atomic mass is 35.5. The fourth-order valence-electron chi connectivity index (χ4n) is 3.58. The fraction of sp³-hybridized carbons (Fsp3) is 0.391. The van der Waals surface area contributed by atoms with Gasteiger partial charge in [0.15, 0.2) is 0 Å². The van der Waals surface area contributed by atoms with Crippen molar-refractivity contribution in [2.24, 2.45) is 5.10 Å². The second-order valence-electron chi connectivity index (χ2n) is 7.79. The standard InChI is InChI=1S/C23H28ClN3O3S/c1-31(29,30)27(17-19-9-7-8-12-22(19)24)21-15-13-18(14-16-21)23(28)26-25-20-10-5-3-2-4-6-11-20/h7-9,12-16H,2-6,10-11,17H2,1H3,(H,26,28). The number of nitrogens with zero attached hydrogens (tertiary/aromatic N) is 2. The van der Waals surface area contributed by atoms with Gasteiger partial charge in [-0.05, 0) is 61.6 Å². The van der Waals surface area contributed by atoms with Crippen molar-refractivity contribution < 1.29 is 13.2 Å². The Morgan fingerprint density at radius 2 is 1.61 bits per heavy atom. The van der Waals surface area contributed by atoms with Crippen molar-refractivity contribution >= 4 is 38.9 Å². The van der Waals surface area contributed by atoms with E-state index in [4.69, 9.17) is 11.6 Å². The van der Waals surface area contributed by atoms with Crippen molar-refractivity contribution in [2.75, 3.05) is 10.6 Å². The number of hydrazone groups is 1. The molecule has 6 nitrogen and oxygen atoms in total. The van der Waals surface area contributed by atoms with Gasteiger partial charge in [-0.25, -0.2) is 13.8 Å². The third-order valence-corrected chi connectivity index (χ3v) is 6.85. The molecule has 0 radical (unpaired) electrons. The zero-order valence-corrected chi connectivity index (χ0v) is 19.3. The second kappa shape index (κ2) is 10.8. The summed E-state index contributed by atoms with van der Waals surface area (Å²) in [5.41, 5.74) is 5.26. The van der Waals surface area contributed by atoms with Crippen LogP contribution in [0, 0.1) is 0 Å². The number of hydrogen-bond acceptors (Lipinski definition) is 4. The van der Waals surface area contributed by atoms with Crippen LogP contribution in [0.1, 0.15) is 60.9 Å². The maximum absolute atomic E-state index is 12.5. The molecule has 0 aliphatic heterocycles. The molecule has 2 aromatic rings. The van der Waals surface area contributed by atoms with Gasteiger partial charge in [-0.2, -0.15) is 5.10 Å². The minimum atomic E-state index is -3.54. The Balaban J connectivity index is 1.72. The van der Waals surface area contributed by atoms with Gasteiger partial charge >= 0.3 is 0 Å². The number of hydrogen-bond donors (Lipinski definition) is 1. The first kappa shape index (κ1) is 23.3. The number of benzene rings is 2. The molecule has 0 aromatic heterocycles. The molecular formula is C23H28ClN3O3S. The minimum Gasteiger partial charge on any atom is -0.267 e. The molecule has 0 heterocycles. The van der Waals surface area contributed by atoms with Crippen LogP contribution in [0.4, 0.5) is 5.69 Å². The number of halogens is 1. The molecule has 2 aromatic carbocycles. The molecule has 0 unspecified atom stereocenters. The molecule has 1 amide bonds. The van der Waals surface area contributed by atoms with Crippen LogP contribution in [0.5, 0.6) is 0 Å². The Morgan fingerprint density at radius 3 is 2.23 bits per heavy atom. The predicted octanol–water partition coefficient (Wildman–Crippen LogP) is 5.14. The van der Waals surface area contributed by atoms with Gasteiger partial charge in [0.1, 0.15) is 0 Å². The molecule has 0 spiro atoms. The largest absolute Gasteiger partial charge is 0.271 e. The first-order valence-corrected chi connectivity index (χ1v) is 12.7. The number of sulfonamides is 1. The lowest BCUT2D eigenvalue weighted by Gasteiger charge is -2.23. The summed E-state index contributed by atoms with van der Waals surface area (Å²) in [6.07, 6.45) is 8.89. The first-order valence-electron chi connectivity index (χ1n) is 10.5. The summed E-state index contributed by atoms with van der Waals surface area (Å²) < 4.78 is 26.0. The van der Waals surface area contributed by atoms with E-state index < -0.39 is 10.0 Å². The summed E-state index contributed by atoms with van der Waals surface area (Å²) in [5, 5.41) is 4.82. The molecule has 166 valence electrons. The van der Waals surface area contributed by atoms with E-state index in [1.807, 2.05) is 6.07 Å². The molecule has 0 saturated heterocycles. The van der Waals surface area contributed by atoms with Crippen LogP contribution in [-0.4, -0.2) is 26.3 Å². The zero-order chi connectivity index (χ0) is 22.3. The van der Waals surface area contributed by atoms with Crippen LogP contribution < -0.4 is 9.73 Å². The summed E-state index contributed by atoms with van der Waals surface area (Å²) in [6.45, 7) is 0.109. The van der Waals surface area contributed by atoms with Crippen molar-refractivity contribution in [3.8, 4) is 0 Å². The van der Waals surface area contributed by atoms with Crippen molar-refractivity contribution in [1.29, 1.82) is 0 Å². The van der Waals surface area contributed by atoms with Gasteiger partial charge in [0.25, 0.3) is 5.91 Å². The van der Waals surface area contributed by atoms with Gasteiger partial charge in [-0.1, -0.05) is 49.1 Å². The highest BCUT2D eigenvalue weighted by Gasteiger charge is 2.19. The van der Waals surface area contributed by atoms with Crippen molar-refractivity contribution in [3.05, 3.63) is 64.7 Å². The highest BCUT2D eigenvalue weighted by molar-refractivity contribution is 7.92. The van der Waals surface area contributed by atoms with Gasteiger partial charge < -0.3 is 0 Å². The van der Waals surface area contributed by atoms with E-state index in [0.29, 0.717) is 21.8 Å².